The van der Waals surface area contributed by atoms with Crippen LogP contribution in [0.25, 0.3) is 0 Å². The summed E-state index contributed by atoms with van der Waals surface area (Å²) < 4.78 is 0. The third-order valence-electron chi connectivity index (χ3n) is 1.96. The van der Waals surface area contributed by atoms with Gasteiger partial charge < -0.3 is 22.6 Å². The van der Waals surface area contributed by atoms with Crippen molar-refractivity contribution >= 4 is 0 Å². The molecule has 100 valence electrons. The third kappa shape index (κ3) is 7.38. The second-order valence-electron chi connectivity index (χ2n) is 3.38. The predicted octanol–water partition coefficient (Wildman–Crippen LogP) is -2.52. The van der Waals surface area contributed by atoms with Crippen LogP contribution in [0.15, 0.2) is 0 Å². The Labute approximate surface area is 104 Å². The number of rotatable bonds is 10. The molecule has 2 N–H and O–H groups in total. The van der Waals surface area contributed by atoms with Gasteiger partial charge in [0.1, 0.15) is 26.3 Å². The van der Waals surface area contributed by atoms with E-state index in [1.807, 2.05) is 13.8 Å². The molecule has 0 unspecified atom stereocenters. The van der Waals surface area contributed by atoms with Crippen LogP contribution in [0, 0.1) is 0 Å². The highest BCUT2D eigenvalue weighted by Crippen LogP contribution is 2.12. The molecule has 6 heteroatoms. The Kier molecular flexibility index (Phi) is 13.3. The predicted molar refractivity (Wildman–Crippen MR) is 56.7 cm³/mol. The van der Waals surface area contributed by atoms with Gasteiger partial charge >= 0.3 is 0 Å². The van der Waals surface area contributed by atoms with Crippen LogP contribution in [0.5, 0.6) is 0 Å². The van der Waals surface area contributed by atoms with E-state index < -0.39 is 0 Å². The zero-order valence-corrected chi connectivity index (χ0v) is 10.9. The second-order valence-corrected chi connectivity index (χ2v) is 3.38. The summed E-state index contributed by atoms with van der Waals surface area (Å²) in [4.78, 5) is 11.1. The molecule has 0 spiro atoms. The Morgan fingerprint density at radius 2 is 1.25 bits per heavy atom. The summed E-state index contributed by atoms with van der Waals surface area (Å²) in [5.74, 6) is 0. The van der Waals surface area contributed by atoms with Crippen LogP contribution >= 0.6 is 0 Å². The van der Waals surface area contributed by atoms with Gasteiger partial charge in [0, 0.05) is 0 Å². The topological polar surface area (TPSA) is 58.9 Å². The van der Waals surface area contributed by atoms with E-state index in [1.54, 1.807) is 0 Å². The van der Waals surface area contributed by atoms with Gasteiger partial charge in [0.25, 0.3) is 0 Å². The van der Waals surface area contributed by atoms with Crippen molar-refractivity contribution in [1.82, 2.24) is 0 Å². The van der Waals surface area contributed by atoms with Crippen molar-refractivity contribution in [1.29, 1.82) is 0 Å². The first kappa shape index (κ1) is 18.5. The molecule has 0 heterocycles. The average Bonchev–Trinajstić information content (AvgIpc) is 2.24. The number of aliphatic hydroxyl groups is 2. The largest absolute Gasteiger partial charge is 1.00 e. The molecular formula is C10H24ClNO4. The van der Waals surface area contributed by atoms with Gasteiger partial charge in [-0.3, -0.25) is 0 Å². The van der Waals surface area contributed by atoms with E-state index in [0.717, 1.165) is 25.9 Å². The summed E-state index contributed by atoms with van der Waals surface area (Å²) in [5.41, 5.74) is 0. The Hall–Kier alpha value is 0.0900. The highest BCUT2D eigenvalue weighted by atomic mass is 35.5. The number of aliphatic hydroxyl groups excluding tert-OH is 2. The molecule has 0 fully saturated rings. The Morgan fingerprint density at radius 3 is 1.50 bits per heavy atom. The van der Waals surface area contributed by atoms with Gasteiger partial charge in [0.15, 0.2) is 0 Å². The molecule has 0 aromatic heterocycles. The van der Waals surface area contributed by atoms with Crippen LogP contribution in [0.2, 0.25) is 0 Å². The lowest BCUT2D eigenvalue weighted by molar-refractivity contribution is -1.25. The first-order valence-corrected chi connectivity index (χ1v) is 5.62. The average molecular weight is 258 g/mol. The van der Waals surface area contributed by atoms with Crippen LogP contribution in [0.4, 0.5) is 0 Å². The van der Waals surface area contributed by atoms with Crippen LogP contribution in [0.1, 0.15) is 26.7 Å². The SMILES string of the molecule is CCC[N+](CCC)(OCCO)OCCO.[Cl-]. The van der Waals surface area contributed by atoms with E-state index in [4.69, 9.17) is 19.9 Å². The molecule has 5 nitrogen and oxygen atoms in total. The molecule has 0 amide bonds. The Bertz CT molecular complexity index is 133. The van der Waals surface area contributed by atoms with E-state index >= 15 is 0 Å². The molecule has 0 aliphatic rings. The maximum atomic E-state index is 8.75. The smallest absolute Gasteiger partial charge is 0.142 e. The normalized spacial score (nSPS) is 11.2. The van der Waals surface area contributed by atoms with Gasteiger partial charge in [0.2, 0.25) is 0 Å². The van der Waals surface area contributed by atoms with Crippen molar-refractivity contribution in [3.05, 3.63) is 0 Å². The molecule has 0 saturated carbocycles. The Morgan fingerprint density at radius 1 is 0.875 bits per heavy atom. The van der Waals surface area contributed by atoms with Gasteiger partial charge in [-0.05, 0) is 17.7 Å². The van der Waals surface area contributed by atoms with Crippen molar-refractivity contribution in [3.8, 4) is 0 Å². The molecule has 16 heavy (non-hydrogen) atoms. The molecule has 0 aliphatic heterocycles. The van der Waals surface area contributed by atoms with Crippen LogP contribution in [-0.4, -0.2) is 54.5 Å². The standard InChI is InChI=1S/C10H24NO4.ClH/c1-3-5-11(6-4-2,14-9-7-12)15-10-8-13;/h12-13H,3-10H2,1-2H3;1H/q+1;/p-1. The van der Waals surface area contributed by atoms with Gasteiger partial charge in [0.05, 0.1) is 13.2 Å². The van der Waals surface area contributed by atoms with Gasteiger partial charge in [-0.25, -0.2) is 0 Å². The fraction of sp³-hybridized carbons (Fsp3) is 1.00. The van der Waals surface area contributed by atoms with Crippen LogP contribution in [-0.2, 0) is 9.68 Å². The number of nitrogens with zero attached hydrogens (tertiary/aromatic N) is 1. The maximum absolute atomic E-state index is 8.75. The van der Waals surface area contributed by atoms with Crippen LogP contribution in [0.3, 0.4) is 0 Å². The first-order valence-electron chi connectivity index (χ1n) is 5.62. The second kappa shape index (κ2) is 11.6. The minimum absolute atomic E-state index is 0. The fourth-order valence-corrected chi connectivity index (χ4v) is 1.50. The van der Waals surface area contributed by atoms with Crippen molar-refractivity contribution in [2.24, 2.45) is 0 Å². The minimum Gasteiger partial charge on any atom is -1.00 e. The number of halogens is 1. The van der Waals surface area contributed by atoms with E-state index in [9.17, 15) is 0 Å². The van der Waals surface area contributed by atoms with E-state index in [0.29, 0.717) is 0 Å². The van der Waals surface area contributed by atoms with E-state index in [2.05, 4.69) is 0 Å². The molecular weight excluding hydrogens is 234 g/mol. The molecule has 0 bridgehead atoms. The lowest BCUT2D eigenvalue weighted by atomic mass is 10.4. The quantitative estimate of drug-likeness (QED) is 0.335. The number of quaternary nitrogens is 1. The fourth-order valence-electron chi connectivity index (χ4n) is 1.50. The zero-order valence-electron chi connectivity index (χ0n) is 10.2. The van der Waals surface area contributed by atoms with E-state index in [1.165, 1.54) is 0 Å². The lowest BCUT2D eigenvalue weighted by Gasteiger charge is -2.31. The highest BCUT2D eigenvalue weighted by Gasteiger charge is 2.30. The van der Waals surface area contributed by atoms with Crippen molar-refractivity contribution in [3.63, 3.8) is 0 Å². The maximum Gasteiger partial charge on any atom is 0.142 e. The summed E-state index contributed by atoms with van der Waals surface area (Å²) in [6.07, 6.45) is 1.85. The van der Waals surface area contributed by atoms with Gasteiger partial charge in [-0.2, -0.15) is 9.68 Å². The molecule has 0 radical (unpaired) electrons. The zero-order chi connectivity index (χ0) is 11.6. The molecule has 0 aliphatic carbocycles. The van der Waals surface area contributed by atoms with Gasteiger partial charge in [-0.15, -0.1) is 0 Å². The summed E-state index contributed by atoms with van der Waals surface area (Å²) in [6, 6.07) is 0. The lowest BCUT2D eigenvalue weighted by Crippen LogP contribution is -3.00. The molecule has 0 aromatic carbocycles. The number of hydroxylamine groups is 4. The summed E-state index contributed by atoms with van der Waals surface area (Å²) >= 11 is 0. The van der Waals surface area contributed by atoms with Crippen molar-refractivity contribution < 1.29 is 37.1 Å². The monoisotopic (exact) mass is 257 g/mol. The number of hydrogen-bond donors (Lipinski definition) is 2. The highest BCUT2D eigenvalue weighted by molar-refractivity contribution is 4.28. The molecule has 0 aromatic rings. The third-order valence-corrected chi connectivity index (χ3v) is 1.96. The summed E-state index contributed by atoms with van der Waals surface area (Å²) in [5, 5.41) is 17.5. The molecule has 0 atom stereocenters. The summed E-state index contributed by atoms with van der Waals surface area (Å²) in [6.45, 7) is 6.03. The van der Waals surface area contributed by atoms with E-state index in [-0.39, 0.29) is 43.6 Å². The molecule has 0 rings (SSSR count). The number of hydrogen-bond acceptors (Lipinski definition) is 4. The van der Waals surface area contributed by atoms with Gasteiger partial charge in [-0.1, -0.05) is 13.8 Å². The summed E-state index contributed by atoms with van der Waals surface area (Å²) in [7, 11) is 0. The van der Waals surface area contributed by atoms with Crippen molar-refractivity contribution in [2.45, 2.75) is 26.7 Å². The van der Waals surface area contributed by atoms with Crippen molar-refractivity contribution in [2.75, 3.05) is 39.5 Å². The first-order chi connectivity index (χ1) is 7.24. The molecule has 0 saturated heterocycles. The Balaban J connectivity index is 0. The minimum atomic E-state index is -0.0179. The van der Waals surface area contributed by atoms with Crippen LogP contribution < -0.4 is 12.4 Å².